The second kappa shape index (κ2) is 33.2. The van der Waals surface area contributed by atoms with Crippen LogP contribution in [-0.2, 0) is 51.2 Å². The third-order valence-corrected chi connectivity index (χ3v) is 14.7. The number of unbranched alkanes of at least 4 members (excludes halogenated alkanes) is 1. The number of aromatic amines is 1. The number of nitrogens with zero attached hydrogens (tertiary/aromatic N) is 1. The summed E-state index contributed by atoms with van der Waals surface area (Å²) in [5.41, 5.74) is 25.2. The number of para-hydroxylation sites is 1. The van der Waals surface area contributed by atoms with Crippen molar-refractivity contribution in [2.24, 2.45) is 69.4 Å². The molecule has 2 aromatic carbocycles. The van der Waals surface area contributed by atoms with Crippen LogP contribution in [0.5, 0.6) is 0 Å². The average Bonchev–Trinajstić information content (AvgIpc) is 3.78. The highest BCUT2D eigenvalue weighted by molar-refractivity contribution is 7.98. The minimum Gasteiger partial charge on any atom is -0.370 e. The lowest BCUT2D eigenvalue weighted by Gasteiger charge is -2.27. The molecule has 0 unspecified atom stereocenters. The van der Waals surface area contributed by atoms with Crippen LogP contribution in [0, 0.1) is 41.4 Å². The third-order valence-electron chi connectivity index (χ3n) is 14.1. The molecular formula is C57H87N9O8S. The van der Waals surface area contributed by atoms with Gasteiger partial charge in [0.2, 0.25) is 23.6 Å². The third kappa shape index (κ3) is 22.1. The Balaban J connectivity index is 2.03. The maximum atomic E-state index is 14.9. The maximum absolute atomic E-state index is 14.9. The maximum Gasteiger partial charge on any atom is 0.224 e. The van der Waals surface area contributed by atoms with Crippen LogP contribution < -0.4 is 38.9 Å². The Morgan fingerprint density at radius 1 is 0.640 bits per heavy atom. The van der Waals surface area contributed by atoms with E-state index in [1.807, 2.05) is 88.5 Å². The van der Waals surface area contributed by atoms with Crippen LogP contribution in [0.4, 0.5) is 0 Å². The lowest BCUT2D eigenvalue weighted by molar-refractivity contribution is -0.136. The molecule has 414 valence electrons. The van der Waals surface area contributed by atoms with Crippen LogP contribution in [0.3, 0.4) is 0 Å². The molecule has 0 saturated heterocycles. The molecule has 18 heteroatoms. The van der Waals surface area contributed by atoms with E-state index in [0.29, 0.717) is 44.4 Å². The van der Waals surface area contributed by atoms with E-state index in [1.165, 1.54) is 11.8 Å². The summed E-state index contributed by atoms with van der Waals surface area (Å²) in [6.07, 6.45) is 6.33. The van der Waals surface area contributed by atoms with Crippen LogP contribution in [0.2, 0.25) is 0 Å². The molecule has 0 bridgehead atoms. The Labute approximate surface area is 448 Å². The first-order valence-electron chi connectivity index (χ1n) is 26.8. The molecule has 1 heterocycles. The lowest BCUT2D eigenvalue weighted by Crippen LogP contribution is -2.49. The van der Waals surface area contributed by atoms with Crippen LogP contribution >= 0.6 is 11.8 Å². The lowest BCUT2D eigenvalue weighted by atomic mass is 9.84. The highest BCUT2D eigenvalue weighted by Crippen LogP contribution is 2.26. The molecule has 75 heavy (non-hydrogen) atoms. The summed E-state index contributed by atoms with van der Waals surface area (Å²) in [6, 6.07) is 13.6. The van der Waals surface area contributed by atoms with Crippen molar-refractivity contribution in [1.82, 2.24) is 20.9 Å². The fourth-order valence-corrected chi connectivity index (χ4v) is 9.84. The fourth-order valence-electron chi connectivity index (χ4n) is 9.32. The van der Waals surface area contributed by atoms with Crippen LogP contribution in [-0.4, -0.2) is 101 Å². The van der Waals surface area contributed by atoms with E-state index in [1.54, 1.807) is 20.0 Å². The molecule has 12 N–H and O–H groups in total. The minimum absolute atomic E-state index is 0.0223. The quantitative estimate of drug-likeness (QED) is 0.0190. The number of benzene rings is 2. The first-order valence-corrected chi connectivity index (χ1v) is 28.2. The number of carbonyl (C=O) groups excluding carboxylic acids is 8. The van der Waals surface area contributed by atoms with Crippen molar-refractivity contribution in [2.75, 3.05) is 25.1 Å². The van der Waals surface area contributed by atoms with Gasteiger partial charge in [0.1, 0.15) is 5.78 Å². The molecule has 17 nitrogen and oxygen atoms in total. The molecule has 8 atom stereocenters. The molecule has 1 aromatic heterocycles. The van der Waals surface area contributed by atoms with Crippen molar-refractivity contribution in [3.8, 4) is 0 Å². The van der Waals surface area contributed by atoms with Gasteiger partial charge in [0.05, 0.1) is 18.1 Å². The van der Waals surface area contributed by atoms with Crippen molar-refractivity contribution >= 4 is 75.4 Å². The zero-order valence-electron chi connectivity index (χ0n) is 45.5. The van der Waals surface area contributed by atoms with E-state index in [9.17, 15) is 38.4 Å². The SMILES string of the molecule is CC[C@H](C)[C@H](CC(=O)[C@H](Cc1ccccc1)NC(=O)[C@H](CCSC)CC(=O)[C@H](Cc1c[nH]c2ccccc12)NC(=O)[C@H](CCCCN)CC(=O)[C@H](CCCN=C(N)N)NC(=O)[C@@H](CC(=O)C(C)C)CC(C)C)C(N)=O. The van der Waals surface area contributed by atoms with Gasteiger partial charge in [-0.3, -0.25) is 43.3 Å². The zero-order chi connectivity index (χ0) is 55.6. The largest absolute Gasteiger partial charge is 0.370 e. The number of aromatic nitrogens is 1. The van der Waals surface area contributed by atoms with E-state index < -0.39 is 77.0 Å². The van der Waals surface area contributed by atoms with Crippen molar-refractivity contribution < 1.29 is 38.4 Å². The Bertz CT molecular complexity index is 2350. The first kappa shape index (κ1) is 63.4. The molecule has 0 saturated carbocycles. The Hall–Kier alpha value is -5.88. The Morgan fingerprint density at radius 3 is 1.79 bits per heavy atom. The van der Waals surface area contributed by atoms with Gasteiger partial charge in [0.15, 0.2) is 23.3 Å². The molecule has 0 aliphatic heterocycles. The molecule has 4 amide bonds. The van der Waals surface area contributed by atoms with Gasteiger partial charge in [-0.1, -0.05) is 103 Å². The van der Waals surface area contributed by atoms with Gasteiger partial charge < -0.3 is 43.9 Å². The highest BCUT2D eigenvalue weighted by Gasteiger charge is 2.36. The van der Waals surface area contributed by atoms with Crippen LogP contribution in [0.1, 0.15) is 130 Å². The van der Waals surface area contributed by atoms with E-state index >= 15 is 0 Å². The summed E-state index contributed by atoms with van der Waals surface area (Å²) in [4.78, 5) is 120. The number of amides is 4. The van der Waals surface area contributed by atoms with Crippen LogP contribution in [0.25, 0.3) is 10.9 Å². The monoisotopic (exact) mass is 1060 g/mol. The molecule has 3 rings (SSSR count). The fraction of sp³-hybridized carbons (Fsp3) is 0.596. The summed E-state index contributed by atoms with van der Waals surface area (Å²) < 4.78 is 0. The van der Waals surface area contributed by atoms with Crippen molar-refractivity contribution in [3.05, 3.63) is 71.9 Å². The van der Waals surface area contributed by atoms with E-state index in [2.05, 4.69) is 25.9 Å². The van der Waals surface area contributed by atoms with Crippen LogP contribution in [0.15, 0.2) is 65.8 Å². The number of nitrogens with one attached hydrogen (secondary N) is 4. The standard InChI is InChI=1S/C57H87N9O8S/c1-8-37(6)44(53(59)71)33-52(70)47(28-38-17-10-9-11-18-38)65-55(73)40(23-26-75-7)31-51(69)48(29-42-34-63-45-21-13-12-20-43(42)45)66-54(72)39(19-14-15-24-58)30-50(68)46(22-16-25-62-57(60)61)64-56(74)41(27-35(2)3)32-49(67)36(4)5/h9-13,17-18,20-21,34-37,39-41,44,46-48,63H,8,14-16,19,22-33,58H2,1-7H3,(H2,59,71)(H,64,74)(H,65,73)(H,66,72)(H4,60,61,62)/t37-,39+,40+,41+,44-,46-,47-,48-/m0/s1. The van der Waals surface area contributed by atoms with E-state index in [0.717, 1.165) is 22.0 Å². The number of primary amides is 1. The number of hydrogen-bond acceptors (Lipinski definition) is 11. The molecule has 0 spiro atoms. The predicted molar refractivity (Wildman–Crippen MR) is 299 cm³/mol. The Morgan fingerprint density at radius 2 is 1.20 bits per heavy atom. The van der Waals surface area contributed by atoms with Gasteiger partial charge in [-0.15, -0.1) is 0 Å². The summed E-state index contributed by atoms with van der Waals surface area (Å²) in [7, 11) is 0. The summed E-state index contributed by atoms with van der Waals surface area (Å²) in [5.74, 6) is -6.52. The minimum atomic E-state index is -1.15. The van der Waals surface area contributed by atoms with Gasteiger partial charge >= 0.3 is 0 Å². The molecule has 0 fully saturated rings. The number of rotatable bonds is 38. The number of nitrogens with two attached hydrogens (primary N) is 4. The number of ketones is 4. The molecule has 0 radical (unpaired) electrons. The summed E-state index contributed by atoms with van der Waals surface area (Å²) >= 11 is 1.50. The number of carbonyl (C=O) groups is 8. The number of aliphatic imine (C=N–C) groups is 1. The topological polar surface area (TPSA) is 305 Å². The van der Waals surface area contributed by atoms with Gasteiger partial charge in [-0.05, 0) is 92.5 Å². The summed E-state index contributed by atoms with van der Waals surface area (Å²) in [6.45, 7) is 11.8. The van der Waals surface area contributed by atoms with Gasteiger partial charge in [0, 0.05) is 85.3 Å². The predicted octanol–water partition coefficient (Wildman–Crippen LogP) is 5.88. The van der Waals surface area contributed by atoms with Gasteiger partial charge in [-0.2, -0.15) is 11.8 Å². The number of H-pyrrole nitrogens is 1. The Kier molecular flexibility index (Phi) is 28.1. The second-order valence-electron chi connectivity index (χ2n) is 20.9. The summed E-state index contributed by atoms with van der Waals surface area (Å²) in [5, 5.41) is 9.76. The number of fused-ring (bicyclic) bond motifs is 1. The van der Waals surface area contributed by atoms with E-state index in [4.69, 9.17) is 22.9 Å². The molecular weight excluding hydrogens is 971 g/mol. The number of hydrogen-bond donors (Lipinski definition) is 8. The van der Waals surface area contributed by atoms with E-state index in [-0.39, 0.29) is 99.6 Å². The molecule has 0 aliphatic rings. The number of thioether (sulfide) groups is 1. The smallest absolute Gasteiger partial charge is 0.224 e. The van der Waals surface area contributed by atoms with Crippen molar-refractivity contribution in [2.45, 2.75) is 150 Å². The highest BCUT2D eigenvalue weighted by atomic mass is 32.2. The average molecular weight is 1060 g/mol. The van der Waals surface area contributed by atoms with Gasteiger partial charge in [-0.25, -0.2) is 0 Å². The van der Waals surface area contributed by atoms with Crippen molar-refractivity contribution in [3.63, 3.8) is 0 Å². The van der Waals surface area contributed by atoms with Gasteiger partial charge in [0.25, 0.3) is 0 Å². The zero-order valence-corrected chi connectivity index (χ0v) is 46.3. The second-order valence-corrected chi connectivity index (χ2v) is 21.9. The normalized spacial score (nSPS) is 14.7. The number of guanidine groups is 1. The van der Waals surface area contributed by atoms with Crippen molar-refractivity contribution in [1.29, 1.82) is 0 Å². The molecule has 3 aromatic rings. The number of Topliss-reactive ketones (excluding diaryl/α,β-unsaturated/α-hetero) is 4. The first-order chi connectivity index (χ1) is 35.7. The molecule has 0 aliphatic carbocycles.